The van der Waals surface area contributed by atoms with Crippen LogP contribution in [0.25, 0.3) is 0 Å². The molecule has 0 atom stereocenters. The lowest BCUT2D eigenvalue weighted by Gasteiger charge is -2.03. The molecule has 0 radical (unpaired) electrons. The van der Waals surface area contributed by atoms with Gasteiger partial charge in [0, 0.05) is 18.5 Å². The number of amides is 1. The van der Waals surface area contributed by atoms with Crippen LogP contribution in [0.1, 0.15) is 0 Å². The molecule has 0 saturated carbocycles. The lowest BCUT2D eigenvalue weighted by Crippen LogP contribution is -2.15. The number of rotatable bonds is 5. The van der Waals surface area contributed by atoms with Crippen LogP contribution in [0, 0.1) is 10.1 Å². The van der Waals surface area contributed by atoms with Crippen molar-refractivity contribution in [2.75, 3.05) is 11.1 Å². The van der Waals surface area contributed by atoms with Crippen LogP contribution < -0.4 is 5.32 Å². The van der Waals surface area contributed by atoms with Gasteiger partial charge in [0.15, 0.2) is 5.16 Å². The molecule has 2 aromatic heterocycles. The maximum Gasteiger partial charge on any atom is 0.287 e. The first-order valence-electron chi connectivity index (χ1n) is 5.45. The molecule has 102 valence electrons. The molecule has 0 fully saturated rings. The Bertz CT molecular complexity index is 605. The van der Waals surface area contributed by atoms with Crippen LogP contribution >= 0.6 is 11.8 Å². The first-order chi connectivity index (χ1) is 9.65. The second-order valence-electron chi connectivity index (χ2n) is 3.53. The minimum Gasteiger partial charge on any atom is -0.310 e. The summed E-state index contributed by atoms with van der Waals surface area (Å²) >= 11 is 1.19. The SMILES string of the molecule is O=C(CSc1ncccn1)Nc1ccc([N+](=O)[O-])cn1. The third kappa shape index (κ3) is 3.99. The van der Waals surface area contributed by atoms with Gasteiger partial charge in [-0.25, -0.2) is 15.0 Å². The quantitative estimate of drug-likeness (QED) is 0.384. The molecule has 0 saturated heterocycles. The molecule has 1 amide bonds. The van der Waals surface area contributed by atoms with Crippen LogP contribution in [-0.2, 0) is 4.79 Å². The second kappa shape index (κ2) is 6.57. The van der Waals surface area contributed by atoms with E-state index < -0.39 is 4.92 Å². The maximum absolute atomic E-state index is 11.6. The zero-order valence-corrected chi connectivity index (χ0v) is 10.9. The summed E-state index contributed by atoms with van der Waals surface area (Å²) in [5.41, 5.74) is -0.130. The molecule has 0 bridgehead atoms. The Hall–Kier alpha value is -2.55. The topological polar surface area (TPSA) is 111 Å². The fourth-order valence-electron chi connectivity index (χ4n) is 1.24. The van der Waals surface area contributed by atoms with E-state index in [-0.39, 0.29) is 23.2 Å². The monoisotopic (exact) mass is 291 g/mol. The van der Waals surface area contributed by atoms with Gasteiger partial charge in [0.1, 0.15) is 12.0 Å². The number of pyridine rings is 1. The van der Waals surface area contributed by atoms with Crippen LogP contribution in [0.4, 0.5) is 11.5 Å². The van der Waals surface area contributed by atoms with Crippen molar-refractivity contribution >= 4 is 29.2 Å². The predicted molar refractivity (Wildman–Crippen MR) is 72.3 cm³/mol. The Kier molecular flexibility index (Phi) is 4.56. The average molecular weight is 291 g/mol. The summed E-state index contributed by atoms with van der Waals surface area (Å²) in [6.45, 7) is 0. The van der Waals surface area contributed by atoms with Crippen molar-refractivity contribution < 1.29 is 9.72 Å². The van der Waals surface area contributed by atoms with Crippen molar-refractivity contribution in [1.29, 1.82) is 0 Å². The summed E-state index contributed by atoms with van der Waals surface area (Å²) in [5.74, 6) is 0.0989. The van der Waals surface area contributed by atoms with Gasteiger partial charge >= 0.3 is 0 Å². The van der Waals surface area contributed by atoms with Crippen molar-refractivity contribution in [2.45, 2.75) is 5.16 Å². The summed E-state index contributed by atoms with van der Waals surface area (Å²) in [7, 11) is 0. The minimum absolute atomic E-state index is 0.128. The first kappa shape index (κ1) is 13.9. The number of aromatic nitrogens is 3. The number of anilines is 1. The van der Waals surface area contributed by atoms with E-state index in [0.717, 1.165) is 6.20 Å². The highest BCUT2D eigenvalue weighted by molar-refractivity contribution is 7.99. The molecule has 2 aromatic rings. The van der Waals surface area contributed by atoms with Crippen LogP contribution in [-0.4, -0.2) is 31.5 Å². The molecule has 2 rings (SSSR count). The van der Waals surface area contributed by atoms with Crippen LogP contribution in [0.3, 0.4) is 0 Å². The Labute approximate surface area is 117 Å². The van der Waals surface area contributed by atoms with E-state index in [1.807, 2.05) is 0 Å². The van der Waals surface area contributed by atoms with E-state index in [1.54, 1.807) is 18.5 Å². The summed E-state index contributed by atoms with van der Waals surface area (Å²) < 4.78 is 0. The van der Waals surface area contributed by atoms with Gasteiger partial charge in [0.2, 0.25) is 5.91 Å². The van der Waals surface area contributed by atoms with Gasteiger partial charge in [0.05, 0.1) is 10.7 Å². The first-order valence-corrected chi connectivity index (χ1v) is 6.44. The number of thioether (sulfide) groups is 1. The molecule has 0 aliphatic heterocycles. The van der Waals surface area contributed by atoms with E-state index in [4.69, 9.17) is 0 Å². The van der Waals surface area contributed by atoms with E-state index in [9.17, 15) is 14.9 Å². The summed E-state index contributed by atoms with van der Waals surface area (Å²) in [6, 6.07) is 4.33. The van der Waals surface area contributed by atoms with Gasteiger partial charge in [0.25, 0.3) is 5.69 Å². The smallest absolute Gasteiger partial charge is 0.287 e. The van der Waals surface area contributed by atoms with Crippen LogP contribution in [0.5, 0.6) is 0 Å². The standard InChI is InChI=1S/C11H9N5O3S/c17-10(7-20-11-12-4-1-5-13-11)15-9-3-2-8(6-14-9)16(18)19/h1-6H,7H2,(H,14,15,17). The molecule has 20 heavy (non-hydrogen) atoms. The van der Waals surface area contributed by atoms with Crippen molar-refractivity contribution in [3.05, 3.63) is 46.9 Å². The number of hydrogen-bond donors (Lipinski definition) is 1. The van der Waals surface area contributed by atoms with Gasteiger partial charge in [-0.2, -0.15) is 0 Å². The fourth-order valence-corrected chi connectivity index (χ4v) is 1.84. The predicted octanol–water partition coefficient (Wildman–Crippen LogP) is 1.51. The summed E-state index contributed by atoms with van der Waals surface area (Å²) in [5, 5.41) is 13.5. The molecule has 0 aliphatic rings. The molecule has 2 heterocycles. The van der Waals surface area contributed by atoms with Gasteiger partial charge in [-0.15, -0.1) is 0 Å². The third-order valence-corrected chi connectivity index (χ3v) is 2.98. The zero-order valence-electron chi connectivity index (χ0n) is 10.1. The highest BCUT2D eigenvalue weighted by atomic mass is 32.2. The molecule has 0 unspecified atom stereocenters. The minimum atomic E-state index is -0.554. The molecule has 0 aliphatic carbocycles. The van der Waals surface area contributed by atoms with Gasteiger partial charge < -0.3 is 5.32 Å². The van der Waals surface area contributed by atoms with Gasteiger partial charge in [-0.1, -0.05) is 11.8 Å². The maximum atomic E-state index is 11.6. The Morgan fingerprint density at radius 1 is 1.30 bits per heavy atom. The zero-order chi connectivity index (χ0) is 14.4. The van der Waals surface area contributed by atoms with Gasteiger partial charge in [-0.3, -0.25) is 14.9 Å². The number of carbonyl (C=O) groups is 1. The van der Waals surface area contributed by atoms with Crippen LogP contribution in [0.2, 0.25) is 0 Å². The molecule has 9 heteroatoms. The van der Waals surface area contributed by atoms with E-state index in [2.05, 4.69) is 20.3 Å². The normalized spacial score (nSPS) is 10.0. The van der Waals surface area contributed by atoms with Crippen molar-refractivity contribution in [3.63, 3.8) is 0 Å². The highest BCUT2D eigenvalue weighted by Gasteiger charge is 2.08. The van der Waals surface area contributed by atoms with Crippen molar-refractivity contribution in [2.24, 2.45) is 0 Å². The largest absolute Gasteiger partial charge is 0.310 e. The van der Waals surface area contributed by atoms with Gasteiger partial charge in [-0.05, 0) is 12.1 Å². The molecule has 1 N–H and O–H groups in total. The number of hydrogen-bond acceptors (Lipinski definition) is 7. The average Bonchev–Trinajstić information content (AvgIpc) is 2.47. The molecular weight excluding hydrogens is 282 g/mol. The second-order valence-corrected chi connectivity index (χ2v) is 4.47. The summed E-state index contributed by atoms with van der Waals surface area (Å²) in [6.07, 6.45) is 4.26. The number of nitro groups is 1. The fraction of sp³-hybridized carbons (Fsp3) is 0.0909. The Morgan fingerprint density at radius 3 is 2.65 bits per heavy atom. The number of carbonyl (C=O) groups excluding carboxylic acids is 1. The third-order valence-electron chi connectivity index (χ3n) is 2.10. The Balaban J connectivity index is 1.86. The van der Waals surface area contributed by atoms with Crippen LogP contribution in [0.15, 0.2) is 41.9 Å². The lowest BCUT2D eigenvalue weighted by molar-refractivity contribution is -0.385. The van der Waals surface area contributed by atoms with Crippen molar-refractivity contribution in [3.8, 4) is 0 Å². The van der Waals surface area contributed by atoms with E-state index >= 15 is 0 Å². The highest BCUT2D eigenvalue weighted by Crippen LogP contribution is 2.14. The molecule has 8 nitrogen and oxygen atoms in total. The number of nitrogens with zero attached hydrogens (tertiary/aromatic N) is 4. The van der Waals surface area contributed by atoms with E-state index in [1.165, 1.54) is 23.9 Å². The molecular formula is C11H9N5O3S. The lowest BCUT2D eigenvalue weighted by atomic mass is 10.4. The Morgan fingerprint density at radius 2 is 2.05 bits per heavy atom. The molecule has 0 spiro atoms. The molecule has 0 aromatic carbocycles. The summed E-state index contributed by atoms with van der Waals surface area (Å²) in [4.78, 5) is 33.3. The van der Waals surface area contributed by atoms with Crippen molar-refractivity contribution in [1.82, 2.24) is 15.0 Å². The number of nitrogens with one attached hydrogen (secondary N) is 1. The van der Waals surface area contributed by atoms with E-state index in [0.29, 0.717) is 5.16 Å².